The van der Waals surface area contributed by atoms with Crippen molar-refractivity contribution in [1.29, 1.82) is 0 Å². The molecule has 1 saturated heterocycles. The zero-order valence-electron chi connectivity index (χ0n) is 11.5. The minimum atomic E-state index is 0.530. The summed E-state index contributed by atoms with van der Waals surface area (Å²) in [5.41, 5.74) is 4.96. The van der Waals surface area contributed by atoms with Crippen LogP contribution in [0.3, 0.4) is 0 Å². The normalized spacial score (nSPS) is 31.7. The van der Waals surface area contributed by atoms with E-state index in [1.54, 1.807) is 7.11 Å². The van der Waals surface area contributed by atoms with Gasteiger partial charge in [0.05, 0.1) is 13.7 Å². The molecule has 1 aromatic rings. The van der Waals surface area contributed by atoms with Crippen molar-refractivity contribution in [2.24, 2.45) is 11.3 Å². The highest BCUT2D eigenvalue weighted by molar-refractivity contribution is 5.45. The maximum Gasteiger partial charge on any atom is 0.119 e. The summed E-state index contributed by atoms with van der Waals surface area (Å²) >= 11 is 0. The summed E-state index contributed by atoms with van der Waals surface area (Å²) in [6.45, 7) is 3.96. The molecule has 0 amide bonds. The highest BCUT2D eigenvalue weighted by atomic mass is 16.5. The molecule has 3 heteroatoms. The minimum absolute atomic E-state index is 0.530. The fraction of sp³-hybridized carbons (Fsp3) is 0.625. The number of fused-ring (bicyclic) bond motifs is 1. The maximum atomic E-state index is 5.59. The van der Waals surface area contributed by atoms with Crippen LogP contribution >= 0.6 is 0 Å². The summed E-state index contributed by atoms with van der Waals surface area (Å²) in [6.07, 6.45) is 3.82. The Morgan fingerprint density at radius 1 is 1.42 bits per heavy atom. The lowest BCUT2D eigenvalue weighted by Gasteiger charge is -2.12. The smallest absolute Gasteiger partial charge is 0.119 e. The maximum absolute atomic E-state index is 5.59. The molecule has 2 fully saturated rings. The topological polar surface area (TPSA) is 30.5 Å². The number of rotatable bonds is 3. The lowest BCUT2D eigenvalue weighted by atomic mass is 9.94. The zero-order chi connectivity index (χ0) is 12.9. The fourth-order valence-electron chi connectivity index (χ4n) is 3.86. The Balaban J connectivity index is 1.59. The van der Waals surface area contributed by atoms with Crippen LogP contribution in [0.2, 0.25) is 0 Å². The lowest BCUT2D eigenvalue weighted by Crippen LogP contribution is -2.07. The first-order valence-electron chi connectivity index (χ1n) is 7.28. The van der Waals surface area contributed by atoms with Crippen molar-refractivity contribution < 1.29 is 9.47 Å². The minimum Gasteiger partial charge on any atom is -0.497 e. The Bertz CT molecular complexity index is 506. The third-order valence-electron chi connectivity index (χ3n) is 5.22. The Morgan fingerprint density at radius 3 is 3.16 bits per heavy atom. The van der Waals surface area contributed by atoms with E-state index >= 15 is 0 Å². The number of nitrogens with one attached hydrogen (secondary N) is 1. The zero-order valence-corrected chi connectivity index (χ0v) is 11.5. The van der Waals surface area contributed by atoms with Crippen LogP contribution in [0.4, 0.5) is 0 Å². The molecular weight excluding hydrogens is 238 g/mol. The summed E-state index contributed by atoms with van der Waals surface area (Å²) in [5, 5.41) is 3.45. The number of hydrogen-bond acceptors (Lipinski definition) is 3. The van der Waals surface area contributed by atoms with Gasteiger partial charge >= 0.3 is 0 Å². The van der Waals surface area contributed by atoms with Crippen LogP contribution < -0.4 is 10.1 Å². The van der Waals surface area contributed by atoms with Gasteiger partial charge in [0.1, 0.15) is 5.75 Å². The SMILES string of the molecule is COc1cc2c(c(C[C@@H]3CC34CCOC4)c1)CNC2. The summed E-state index contributed by atoms with van der Waals surface area (Å²) < 4.78 is 11.0. The van der Waals surface area contributed by atoms with E-state index in [1.807, 2.05) is 0 Å². The molecule has 1 unspecified atom stereocenters. The van der Waals surface area contributed by atoms with Gasteiger partial charge in [-0.2, -0.15) is 0 Å². The van der Waals surface area contributed by atoms with Crippen LogP contribution in [0.25, 0.3) is 0 Å². The van der Waals surface area contributed by atoms with E-state index in [0.29, 0.717) is 5.41 Å². The molecule has 1 saturated carbocycles. The van der Waals surface area contributed by atoms with E-state index < -0.39 is 0 Å². The van der Waals surface area contributed by atoms with Gasteiger partial charge in [-0.25, -0.2) is 0 Å². The fourth-order valence-corrected chi connectivity index (χ4v) is 3.86. The first-order valence-corrected chi connectivity index (χ1v) is 7.28. The quantitative estimate of drug-likeness (QED) is 0.903. The van der Waals surface area contributed by atoms with E-state index in [4.69, 9.17) is 9.47 Å². The molecule has 2 aliphatic heterocycles. The highest BCUT2D eigenvalue weighted by Gasteiger charge is 2.55. The predicted molar refractivity (Wildman–Crippen MR) is 73.2 cm³/mol. The molecule has 102 valence electrons. The molecule has 3 aliphatic rings. The number of hydrogen-bond donors (Lipinski definition) is 1. The molecule has 19 heavy (non-hydrogen) atoms. The van der Waals surface area contributed by atoms with Gasteiger partial charge in [-0.05, 0) is 59.4 Å². The number of methoxy groups -OCH3 is 1. The standard InChI is InChI=1S/C16H21NO2/c1-18-14-5-11(15-9-17-8-12(15)6-14)4-13-7-16(13)2-3-19-10-16/h5-6,13,17H,2-4,7-10H2,1H3/t13-,16?/m1/s1. The van der Waals surface area contributed by atoms with Gasteiger partial charge in [0.2, 0.25) is 0 Å². The summed E-state index contributed by atoms with van der Waals surface area (Å²) in [5.74, 6) is 1.83. The molecule has 3 nitrogen and oxygen atoms in total. The third-order valence-corrected chi connectivity index (χ3v) is 5.22. The molecule has 2 atom stereocenters. The molecule has 2 heterocycles. The van der Waals surface area contributed by atoms with Gasteiger partial charge in [0, 0.05) is 19.7 Å². The van der Waals surface area contributed by atoms with Gasteiger partial charge in [0.15, 0.2) is 0 Å². The van der Waals surface area contributed by atoms with Crippen molar-refractivity contribution in [3.8, 4) is 5.75 Å². The predicted octanol–water partition coefficient (Wildman–Crippen LogP) is 2.27. The van der Waals surface area contributed by atoms with Crippen LogP contribution in [0.15, 0.2) is 12.1 Å². The van der Waals surface area contributed by atoms with E-state index in [2.05, 4.69) is 17.4 Å². The largest absolute Gasteiger partial charge is 0.497 e. The van der Waals surface area contributed by atoms with Gasteiger partial charge in [-0.3, -0.25) is 0 Å². The van der Waals surface area contributed by atoms with Crippen LogP contribution in [-0.2, 0) is 24.2 Å². The lowest BCUT2D eigenvalue weighted by molar-refractivity contribution is 0.179. The van der Waals surface area contributed by atoms with Crippen molar-refractivity contribution in [2.45, 2.75) is 32.4 Å². The van der Waals surface area contributed by atoms with Crippen LogP contribution in [0.5, 0.6) is 5.75 Å². The Kier molecular flexibility index (Phi) is 2.61. The van der Waals surface area contributed by atoms with E-state index in [9.17, 15) is 0 Å². The Morgan fingerprint density at radius 2 is 2.37 bits per heavy atom. The van der Waals surface area contributed by atoms with Crippen molar-refractivity contribution in [1.82, 2.24) is 5.32 Å². The second kappa shape index (κ2) is 4.22. The number of benzene rings is 1. The average molecular weight is 259 g/mol. The summed E-state index contributed by atoms with van der Waals surface area (Å²) in [4.78, 5) is 0. The van der Waals surface area contributed by atoms with Crippen molar-refractivity contribution in [3.05, 3.63) is 28.8 Å². The summed E-state index contributed by atoms with van der Waals surface area (Å²) in [6, 6.07) is 4.42. The second-order valence-electron chi connectivity index (χ2n) is 6.30. The first kappa shape index (κ1) is 11.7. The number of ether oxygens (including phenoxy) is 2. The molecule has 0 radical (unpaired) electrons. The molecule has 0 aromatic heterocycles. The molecule has 1 aliphatic carbocycles. The van der Waals surface area contributed by atoms with Crippen LogP contribution in [0.1, 0.15) is 29.5 Å². The van der Waals surface area contributed by atoms with Gasteiger partial charge in [-0.15, -0.1) is 0 Å². The van der Waals surface area contributed by atoms with E-state index in [-0.39, 0.29) is 0 Å². The van der Waals surface area contributed by atoms with Crippen molar-refractivity contribution in [2.75, 3.05) is 20.3 Å². The average Bonchev–Trinajstić information content (AvgIpc) is 2.84. The van der Waals surface area contributed by atoms with Crippen LogP contribution in [0, 0.1) is 11.3 Å². The first-order chi connectivity index (χ1) is 9.31. The van der Waals surface area contributed by atoms with Crippen molar-refractivity contribution in [3.63, 3.8) is 0 Å². The molecule has 1 spiro atoms. The molecule has 1 aromatic carbocycles. The van der Waals surface area contributed by atoms with E-state index in [0.717, 1.165) is 38.0 Å². The van der Waals surface area contributed by atoms with Gasteiger partial charge in [-0.1, -0.05) is 0 Å². The second-order valence-corrected chi connectivity index (χ2v) is 6.30. The molecular formula is C16H21NO2. The van der Waals surface area contributed by atoms with E-state index in [1.165, 1.54) is 36.0 Å². The Labute approximate surface area is 114 Å². The third kappa shape index (κ3) is 1.87. The Hall–Kier alpha value is -1.06. The molecule has 1 N–H and O–H groups in total. The molecule has 0 bridgehead atoms. The summed E-state index contributed by atoms with van der Waals surface area (Å²) in [7, 11) is 1.76. The highest BCUT2D eigenvalue weighted by Crippen LogP contribution is 2.59. The molecule has 4 rings (SSSR count). The van der Waals surface area contributed by atoms with Gasteiger partial charge in [0.25, 0.3) is 0 Å². The monoisotopic (exact) mass is 259 g/mol. The van der Waals surface area contributed by atoms with Crippen molar-refractivity contribution >= 4 is 0 Å². The van der Waals surface area contributed by atoms with Gasteiger partial charge < -0.3 is 14.8 Å². The van der Waals surface area contributed by atoms with Crippen LogP contribution in [-0.4, -0.2) is 20.3 Å².